The van der Waals surface area contributed by atoms with E-state index in [2.05, 4.69) is 15.0 Å². The van der Waals surface area contributed by atoms with Gasteiger partial charge in [-0.25, -0.2) is 15.0 Å². The summed E-state index contributed by atoms with van der Waals surface area (Å²) in [6.45, 7) is 0.232. The van der Waals surface area contributed by atoms with Crippen molar-refractivity contribution in [3.8, 4) is 11.1 Å². The van der Waals surface area contributed by atoms with Crippen molar-refractivity contribution in [3.05, 3.63) is 48.0 Å². The Hall–Kier alpha value is -2.76. The maximum Gasteiger partial charge on any atom is 0.283 e. The zero-order chi connectivity index (χ0) is 15.9. The minimum absolute atomic E-state index is 0.0100. The molecule has 116 valence electrons. The Kier molecular flexibility index (Phi) is 3.11. The molecule has 2 aromatic rings. The summed E-state index contributed by atoms with van der Waals surface area (Å²) in [5.74, 6) is -0.0100. The van der Waals surface area contributed by atoms with Crippen LogP contribution in [0.3, 0.4) is 0 Å². The Bertz CT molecular complexity index is 803. The number of aromatic nitrogens is 2. The van der Waals surface area contributed by atoms with Gasteiger partial charge in [0.05, 0.1) is 0 Å². The zero-order valence-corrected chi connectivity index (χ0v) is 12.5. The second-order valence-corrected chi connectivity index (χ2v) is 5.95. The first-order chi connectivity index (χ1) is 11.2. The van der Waals surface area contributed by atoms with E-state index in [4.69, 9.17) is 10.5 Å². The summed E-state index contributed by atoms with van der Waals surface area (Å²) in [6, 6.07) is 6.03. The fourth-order valence-corrected chi connectivity index (χ4v) is 3.28. The van der Waals surface area contributed by atoms with Gasteiger partial charge in [0.2, 0.25) is 0 Å². The summed E-state index contributed by atoms with van der Waals surface area (Å²) in [5.41, 5.74) is 8.35. The van der Waals surface area contributed by atoms with Crippen LogP contribution in [0.1, 0.15) is 28.8 Å². The van der Waals surface area contributed by atoms with Gasteiger partial charge in [-0.1, -0.05) is 12.1 Å². The molecule has 6 nitrogen and oxygen atoms in total. The van der Waals surface area contributed by atoms with Gasteiger partial charge in [-0.3, -0.25) is 4.79 Å². The lowest BCUT2D eigenvalue weighted by Gasteiger charge is -2.20. The van der Waals surface area contributed by atoms with Crippen molar-refractivity contribution >= 4 is 11.8 Å². The number of nitrogens with two attached hydrogens (primary N) is 1. The molecule has 2 heterocycles. The van der Waals surface area contributed by atoms with Crippen molar-refractivity contribution < 1.29 is 9.53 Å². The molecule has 1 aliphatic heterocycles. The van der Waals surface area contributed by atoms with Gasteiger partial charge in [0, 0.05) is 23.5 Å². The van der Waals surface area contributed by atoms with E-state index in [1.807, 2.05) is 18.2 Å². The van der Waals surface area contributed by atoms with Crippen molar-refractivity contribution in [3.63, 3.8) is 0 Å². The van der Waals surface area contributed by atoms with Gasteiger partial charge in [0.1, 0.15) is 12.9 Å². The first kappa shape index (κ1) is 13.9. The number of ketones is 1. The van der Waals surface area contributed by atoms with E-state index in [1.165, 1.54) is 6.33 Å². The van der Waals surface area contributed by atoms with E-state index in [9.17, 15) is 4.79 Å². The molecule has 1 aromatic heterocycles. The minimum atomic E-state index is -0.860. The summed E-state index contributed by atoms with van der Waals surface area (Å²) in [7, 11) is 0. The monoisotopic (exact) mass is 308 g/mol. The van der Waals surface area contributed by atoms with Gasteiger partial charge in [0.15, 0.2) is 11.3 Å². The Morgan fingerprint density at radius 1 is 1.17 bits per heavy atom. The lowest BCUT2D eigenvalue weighted by molar-refractivity contribution is 0.0852. The van der Waals surface area contributed by atoms with Crippen LogP contribution >= 0.6 is 0 Å². The first-order valence-corrected chi connectivity index (χ1v) is 7.59. The molecule has 0 saturated heterocycles. The molecule has 2 N–H and O–H groups in total. The molecule has 1 aromatic carbocycles. The van der Waals surface area contributed by atoms with Gasteiger partial charge in [0.25, 0.3) is 6.02 Å². The summed E-state index contributed by atoms with van der Waals surface area (Å²) >= 11 is 0. The number of ether oxygens (including phenoxy) is 1. The third-order valence-corrected chi connectivity index (χ3v) is 4.49. The third-order valence-electron chi connectivity index (χ3n) is 4.49. The van der Waals surface area contributed by atoms with Gasteiger partial charge in [-0.2, -0.15) is 0 Å². The average molecular weight is 308 g/mol. The number of rotatable bonds is 1. The zero-order valence-electron chi connectivity index (χ0n) is 12.5. The van der Waals surface area contributed by atoms with Crippen LogP contribution in [0.15, 0.2) is 41.9 Å². The molecular formula is C17H16N4O2. The number of aliphatic imine (C=N–C) groups is 1. The van der Waals surface area contributed by atoms with Crippen molar-refractivity contribution in [2.75, 3.05) is 6.61 Å². The highest BCUT2D eigenvalue weighted by atomic mass is 16.5. The molecule has 0 bridgehead atoms. The molecule has 1 aliphatic carbocycles. The van der Waals surface area contributed by atoms with Gasteiger partial charge in [-0.05, 0) is 36.5 Å². The lowest BCUT2D eigenvalue weighted by Crippen LogP contribution is -2.37. The molecule has 4 rings (SSSR count). The fraction of sp³-hybridized carbons (Fsp3) is 0.294. The van der Waals surface area contributed by atoms with Gasteiger partial charge < -0.3 is 10.5 Å². The molecule has 1 atom stereocenters. The van der Waals surface area contributed by atoms with Crippen LogP contribution in [0.4, 0.5) is 0 Å². The van der Waals surface area contributed by atoms with Crippen LogP contribution in [0.2, 0.25) is 0 Å². The third kappa shape index (κ3) is 2.27. The van der Waals surface area contributed by atoms with Crippen LogP contribution < -0.4 is 5.73 Å². The predicted molar refractivity (Wildman–Crippen MR) is 85.0 cm³/mol. The lowest BCUT2D eigenvalue weighted by atomic mass is 9.87. The number of carbonyl (C=O) groups excluding carboxylic acids is 1. The summed E-state index contributed by atoms with van der Waals surface area (Å²) < 4.78 is 5.29. The van der Waals surface area contributed by atoms with Crippen LogP contribution in [0.25, 0.3) is 11.1 Å². The van der Waals surface area contributed by atoms with Crippen molar-refractivity contribution in [1.29, 1.82) is 0 Å². The topological polar surface area (TPSA) is 90.5 Å². The fourth-order valence-electron chi connectivity index (χ4n) is 3.28. The normalized spacial score (nSPS) is 23.1. The van der Waals surface area contributed by atoms with E-state index in [1.54, 1.807) is 12.4 Å². The number of nitrogens with zero attached hydrogens (tertiary/aromatic N) is 3. The average Bonchev–Trinajstić information content (AvgIpc) is 2.91. The van der Waals surface area contributed by atoms with Crippen molar-refractivity contribution in [2.45, 2.75) is 24.8 Å². The van der Waals surface area contributed by atoms with Gasteiger partial charge >= 0.3 is 0 Å². The molecule has 1 spiro atoms. The molecule has 0 unspecified atom stereocenters. The molecule has 2 aliphatic rings. The number of aryl methyl sites for hydroxylation is 1. The van der Waals surface area contributed by atoms with E-state index < -0.39 is 5.54 Å². The van der Waals surface area contributed by atoms with E-state index in [0.29, 0.717) is 12.0 Å². The molecule has 0 amide bonds. The Morgan fingerprint density at radius 3 is 2.74 bits per heavy atom. The van der Waals surface area contributed by atoms with Crippen LogP contribution in [0.5, 0.6) is 0 Å². The van der Waals surface area contributed by atoms with E-state index >= 15 is 0 Å². The smallest absolute Gasteiger partial charge is 0.283 e. The Labute approximate surface area is 133 Å². The molecule has 0 radical (unpaired) electrons. The Balaban J connectivity index is 1.81. The standard InChI is InChI=1S/C17H16N4O2/c18-16-21-17(9-23-16)5-1-2-11-3-4-12(6-14(11)15(17)22)13-7-19-10-20-8-13/h3-4,6-8,10H,1-2,5,9H2,(H2,18,21)/t17-/m1/s1. The molecule has 6 heteroatoms. The molecular weight excluding hydrogens is 292 g/mol. The number of benzene rings is 1. The second-order valence-electron chi connectivity index (χ2n) is 5.95. The SMILES string of the molecule is NC1=N[C@]2(CCCc3ccc(-c4cncnc4)cc3C2=O)CO1. The number of amidine groups is 1. The number of carbonyl (C=O) groups is 1. The predicted octanol–water partition coefficient (Wildman–Crippen LogP) is 1.75. The highest BCUT2D eigenvalue weighted by Gasteiger charge is 2.45. The van der Waals surface area contributed by atoms with Crippen LogP contribution in [0, 0.1) is 0 Å². The number of hydrogen-bond acceptors (Lipinski definition) is 6. The summed E-state index contributed by atoms with van der Waals surface area (Å²) in [6.07, 6.45) is 7.35. The maximum atomic E-state index is 13.1. The van der Waals surface area contributed by atoms with Gasteiger partial charge in [-0.15, -0.1) is 0 Å². The molecule has 0 saturated carbocycles. The van der Waals surface area contributed by atoms with E-state index in [-0.39, 0.29) is 18.4 Å². The minimum Gasteiger partial charge on any atom is -0.462 e. The number of fused-ring (bicyclic) bond motifs is 1. The second kappa shape index (κ2) is 5.15. The van der Waals surface area contributed by atoms with Crippen molar-refractivity contribution in [2.24, 2.45) is 10.7 Å². The van der Waals surface area contributed by atoms with Crippen molar-refractivity contribution in [1.82, 2.24) is 9.97 Å². The van der Waals surface area contributed by atoms with Crippen LogP contribution in [-0.4, -0.2) is 33.9 Å². The number of Topliss-reactive ketones (excluding diaryl/α,β-unsaturated/α-hetero) is 1. The van der Waals surface area contributed by atoms with E-state index in [0.717, 1.165) is 29.5 Å². The quantitative estimate of drug-likeness (QED) is 0.866. The van der Waals surface area contributed by atoms with Crippen LogP contribution in [-0.2, 0) is 11.2 Å². The molecule has 0 fully saturated rings. The number of hydrogen-bond donors (Lipinski definition) is 1. The summed E-state index contributed by atoms with van der Waals surface area (Å²) in [5, 5.41) is 0. The molecule has 23 heavy (non-hydrogen) atoms. The summed E-state index contributed by atoms with van der Waals surface area (Å²) in [4.78, 5) is 25.5. The maximum absolute atomic E-state index is 13.1. The largest absolute Gasteiger partial charge is 0.462 e. The highest BCUT2D eigenvalue weighted by molar-refractivity contribution is 6.07. The Morgan fingerprint density at radius 2 is 2.00 bits per heavy atom. The highest BCUT2D eigenvalue weighted by Crippen LogP contribution is 2.35. The first-order valence-electron chi connectivity index (χ1n) is 7.59.